The molecular formula is C22H27N3O2. The predicted molar refractivity (Wildman–Crippen MR) is 104 cm³/mol. The first-order valence-corrected chi connectivity index (χ1v) is 9.79. The molecule has 0 spiro atoms. The molecule has 2 fully saturated rings. The van der Waals surface area contributed by atoms with E-state index in [1.54, 1.807) is 6.20 Å². The van der Waals surface area contributed by atoms with Gasteiger partial charge in [-0.1, -0.05) is 24.3 Å². The monoisotopic (exact) mass is 365 g/mol. The number of aromatic nitrogens is 1. The summed E-state index contributed by atoms with van der Waals surface area (Å²) in [4.78, 5) is 21.3. The lowest BCUT2D eigenvalue weighted by Gasteiger charge is -2.26. The zero-order chi connectivity index (χ0) is 18.8. The first-order chi connectivity index (χ1) is 13.1. The van der Waals surface area contributed by atoms with E-state index in [0.717, 1.165) is 30.8 Å². The number of benzene rings is 1. The minimum atomic E-state index is 0.153. The number of pyridine rings is 1. The molecule has 27 heavy (non-hydrogen) atoms. The molecule has 1 aromatic carbocycles. The summed E-state index contributed by atoms with van der Waals surface area (Å²) in [6, 6.07) is 12.8. The Balaban J connectivity index is 1.47. The van der Waals surface area contributed by atoms with Gasteiger partial charge < -0.3 is 9.64 Å². The second kappa shape index (κ2) is 7.69. The molecule has 2 aliphatic heterocycles. The lowest BCUT2D eigenvalue weighted by molar-refractivity contribution is -0.129. The minimum absolute atomic E-state index is 0.153. The van der Waals surface area contributed by atoms with E-state index in [2.05, 4.69) is 40.8 Å². The fraction of sp³-hybridized carbons (Fsp3) is 0.455. The molecule has 4 rings (SSSR count). The van der Waals surface area contributed by atoms with Crippen molar-refractivity contribution in [1.29, 1.82) is 0 Å². The molecule has 0 aliphatic carbocycles. The highest BCUT2D eigenvalue weighted by Gasteiger charge is 2.46. The van der Waals surface area contributed by atoms with Gasteiger partial charge in [-0.05, 0) is 38.0 Å². The molecule has 2 atom stereocenters. The zero-order valence-electron chi connectivity index (χ0n) is 16.0. The number of fused-ring (bicyclic) bond motifs is 1. The maximum Gasteiger partial charge on any atom is 0.224 e. The smallest absolute Gasteiger partial charge is 0.224 e. The fourth-order valence-corrected chi connectivity index (χ4v) is 4.32. The third-order valence-electron chi connectivity index (χ3n) is 5.51. The van der Waals surface area contributed by atoms with E-state index in [1.165, 1.54) is 5.56 Å². The van der Waals surface area contributed by atoms with E-state index >= 15 is 0 Å². The van der Waals surface area contributed by atoms with E-state index < -0.39 is 0 Å². The first-order valence-electron chi connectivity index (χ1n) is 9.79. The molecule has 142 valence electrons. The van der Waals surface area contributed by atoms with Crippen LogP contribution in [0, 0.1) is 0 Å². The Hall–Kier alpha value is -2.40. The number of likely N-dealkylation sites (tertiary alicyclic amines) is 2. The molecule has 0 N–H and O–H groups in total. The van der Waals surface area contributed by atoms with Gasteiger partial charge in [-0.3, -0.25) is 14.7 Å². The second-order valence-corrected chi connectivity index (χ2v) is 7.76. The summed E-state index contributed by atoms with van der Waals surface area (Å²) in [6.07, 6.45) is 5.42. The Morgan fingerprint density at radius 3 is 2.78 bits per heavy atom. The quantitative estimate of drug-likeness (QED) is 0.788. The molecule has 1 amide bonds. The normalized spacial score (nSPS) is 22.5. The molecule has 2 aromatic rings. The van der Waals surface area contributed by atoms with Crippen LogP contribution in [0.4, 0.5) is 0 Å². The predicted octanol–water partition coefficient (Wildman–Crippen LogP) is 3.24. The summed E-state index contributed by atoms with van der Waals surface area (Å²) in [6.45, 7) is 6.61. The van der Waals surface area contributed by atoms with Gasteiger partial charge in [0, 0.05) is 56.1 Å². The SMILES string of the molecule is CC(C)Oc1ccccc1CN1CC[C@H]2[C@@H]1CC(=O)N2Cc1cccnc1. The highest BCUT2D eigenvalue weighted by atomic mass is 16.5. The van der Waals surface area contributed by atoms with Crippen molar-refractivity contribution in [1.82, 2.24) is 14.8 Å². The van der Waals surface area contributed by atoms with Crippen molar-refractivity contribution in [3.8, 4) is 5.75 Å². The van der Waals surface area contributed by atoms with Gasteiger partial charge in [-0.15, -0.1) is 0 Å². The van der Waals surface area contributed by atoms with Crippen LogP contribution in [0.3, 0.4) is 0 Å². The van der Waals surface area contributed by atoms with E-state index in [9.17, 15) is 4.79 Å². The van der Waals surface area contributed by atoms with Crippen LogP contribution >= 0.6 is 0 Å². The van der Waals surface area contributed by atoms with E-state index in [1.807, 2.05) is 30.5 Å². The standard InChI is InChI=1S/C22H27N3O2/c1-16(2)27-21-8-4-3-7-18(21)15-24-11-9-19-20(24)12-22(26)25(19)14-17-6-5-10-23-13-17/h3-8,10,13,16,19-20H,9,11-12,14-15H2,1-2H3/t19-,20-/m0/s1. The number of rotatable bonds is 6. The van der Waals surface area contributed by atoms with Crippen LogP contribution in [0.2, 0.25) is 0 Å². The van der Waals surface area contributed by atoms with Crippen molar-refractivity contribution in [2.75, 3.05) is 6.54 Å². The van der Waals surface area contributed by atoms with Crippen LogP contribution < -0.4 is 4.74 Å². The Morgan fingerprint density at radius 2 is 2.00 bits per heavy atom. The molecule has 0 unspecified atom stereocenters. The first kappa shape index (κ1) is 18.0. The van der Waals surface area contributed by atoms with Crippen molar-refractivity contribution in [3.63, 3.8) is 0 Å². The van der Waals surface area contributed by atoms with E-state index in [0.29, 0.717) is 25.0 Å². The Morgan fingerprint density at radius 1 is 1.15 bits per heavy atom. The molecule has 2 saturated heterocycles. The number of carbonyl (C=O) groups is 1. The molecule has 0 bridgehead atoms. The third-order valence-corrected chi connectivity index (χ3v) is 5.51. The number of amides is 1. The molecule has 1 aromatic heterocycles. The summed E-state index contributed by atoms with van der Waals surface area (Å²) >= 11 is 0. The second-order valence-electron chi connectivity index (χ2n) is 7.76. The van der Waals surface area contributed by atoms with Crippen LogP contribution in [0.1, 0.15) is 37.8 Å². The van der Waals surface area contributed by atoms with E-state index in [-0.39, 0.29) is 12.0 Å². The van der Waals surface area contributed by atoms with Crippen LogP contribution in [0.25, 0.3) is 0 Å². The van der Waals surface area contributed by atoms with Crippen molar-refractivity contribution in [2.45, 2.75) is 58.0 Å². The van der Waals surface area contributed by atoms with Crippen molar-refractivity contribution in [2.24, 2.45) is 0 Å². The average molecular weight is 365 g/mol. The summed E-state index contributed by atoms with van der Waals surface area (Å²) in [5.74, 6) is 1.21. The maximum atomic E-state index is 12.7. The van der Waals surface area contributed by atoms with Crippen molar-refractivity contribution < 1.29 is 9.53 Å². The molecule has 2 aliphatic rings. The number of ether oxygens (including phenoxy) is 1. The van der Waals surface area contributed by atoms with Crippen LogP contribution in [-0.4, -0.2) is 45.4 Å². The Bertz CT molecular complexity index is 793. The van der Waals surface area contributed by atoms with Gasteiger partial charge in [0.15, 0.2) is 0 Å². The topological polar surface area (TPSA) is 45.7 Å². The zero-order valence-corrected chi connectivity index (χ0v) is 16.0. The van der Waals surface area contributed by atoms with Crippen LogP contribution in [0.5, 0.6) is 5.75 Å². The van der Waals surface area contributed by atoms with Gasteiger partial charge >= 0.3 is 0 Å². The van der Waals surface area contributed by atoms with Gasteiger partial charge in [0.25, 0.3) is 0 Å². The number of hydrogen-bond acceptors (Lipinski definition) is 4. The number of hydrogen-bond donors (Lipinski definition) is 0. The van der Waals surface area contributed by atoms with Crippen molar-refractivity contribution >= 4 is 5.91 Å². The van der Waals surface area contributed by atoms with E-state index in [4.69, 9.17) is 4.74 Å². The molecule has 0 radical (unpaired) electrons. The Labute approximate surface area is 161 Å². The lowest BCUT2D eigenvalue weighted by atomic mass is 10.1. The Kier molecular flexibility index (Phi) is 5.12. The van der Waals surface area contributed by atoms with Gasteiger partial charge in [0.05, 0.1) is 6.10 Å². The largest absolute Gasteiger partial charge is 0.491 e. The minimum Gasteiger partial charge on any atom is -0.491 e. The van der Waals surface area contributed by atoms with Gasteiger partial charge in [-0.25, -0.2) is 0 Å². The lowest BCUT2D eigenvalue weighted by Crippen LogP contribution is -2.36. The highest BCUT2D eigenvalue weighted by Crippen LogP contribution is 2.35. The number of para-hydroxylation sites is 1. The highest BCUT2D eigenvalue weighted by molar-refractivity contribution is 5.80. The summed E-state index contributed by atoms with van der Waals surface area (Å²) in [5.41, 5.74) is 2.30. The molecule has 5 nitrogen and oxygen atoms in total. The van der Waals surface area contributed by atoms with Crippen LogP contribution in [0.15, 0.2) is 48.8 Å². The molecule has 5 heteroatoms. The maximum absolute atomic E-state index is 12.7. The summed E-state index contributed by atoms with van der Waals surface area (Å²) < 4.78 is 5.98. The van der Waals surface area contributed by atoms with Crippen LogP contribution in [-0.2, 0) is 17.9 Å². The van der Waals surface area contributed by atoms with Gasteiger partial charge in [0.1, 0.15) is 5.75 Å². The third kappa shape index (κ3) is 3.83. The summed E-state index contributed by atoms with van der Waals surface area (Å²) in [5, 5.41) is 0. The molecular weight excluding hydrogens is 338 g/mol. The summed E-state index contributed by atoms with van der Waals surface area (Å²) in [7, 11) is 0. The number of carbonyl (C=O) groups excluding carboxylic acids is 1. The average Bonchev–Trinajstić information content (AvgIpc) is 3.17. The van der Waals surface area contributed by atoms with Gasteiger partial charge in [0.2, 0.25) is 5.91 Å². The van der Waals surface area contributed by atoms with Crippen molar-refractivity contribution in [3.05, 3.63) is 59.9 Å². The van der Waals surface area contributed by atoms with Gasteiger partial charge in [-0.2, -0.15) is 0 Å². The molecule has 3 heterocycles. The molecule has 0 saturated carbocycles. The number of nitrogens with zero attached hydrogens (tertiary/aromatic N) is 3. The fourth-order valence-electron chi connectivity index (χ4n) is 4.32.